The molecule has 0 aromatic heterocycles. The van der Waals surface area contributed by atoms with Crippen LogP contribution in [0.15, 0.2) is 11.6 Å². The molecule has 0 aromatic rings. The lowest BCUT2D eigenvalue weighted by Crippen LogP contribution is -2.71. The molecule has 10 rings (SSSR count). The second-order valence-corrected chi connectivity index (χ2v) is 28.9. The van der Waals surface area contributed by atoms with Gasteiger partial charge in [0.2, 0.25) is 6.29 Å². The minimum absolute atomic E-state index is 0.0161. The molecule has 9 fully saturated rings. The van der Waals surface area contributed by atoms with Crippen molar-refractivity contribution in [3.63, 3.8) is 0 Å². The number of carbonyl (C=O) groups is 3. The van der Waals surface area contributed by atoms with Crippen LogP contribution in [0.3, 0.4) is 0 Å². The Labute approximate surface area is 519 Å². The van der Waals surface area contributed by atoms with Gasteiger partial charge >= 0.3 is 17.9 Å². The van der Waals surface area contributed by atoms with Gasteiger partial charge in [-0.3, -0.25) is 14.4 Å². The highest BCUT2D eigenvalue weighted by atomic mass is 16.8. The molecule has 0 radical (unpaired) electrons. The van der Waals surface area contributed by atoms with E-state index in [1.54, 1.807) is 0 Å². The Balaban J connectivity index is 0.894. The van der Waals surface area contributed by atoms with Crippen molar-refractivity contribution in [1.82, 2.24) is 0 Å². The third-order valence-electron chi connectivity index (χ3n) is 23.2. The first-order valence-corrected chi connectivity index (χ1v) is 31.2. The minimum Gasteiger partial charge on any atom is -0.481 e. The van der Waals surface area contributed by atoms with E-state index in [1.807, 2.05) is 13.8 Å². The van der Waals surface area contributed by atoms with Crippen LogP contribution in [0.2, 0.25) is 0 Å². The number of rotatable bonds is 15. The lowest BCUT2D eigenvalue weighted by Gasteiger charge is -2.71. The molecule has 0 aromatic carbocycles. The van der Waals surface area contributed by atoms with E-state index in [2.05, 4.69) is 26.8 Å². The second kappa shape index (κ2) is 25.3. The zero-order chi connectivity index (χ0) is 66.1. The van der Waals surface area contributed by atoms with E-state index in [0.717, 1.165) is 12.5 Å². The molecule has 10 aliphatic rings. The van der Waals surface area contributed by atoms with Crippen LogP contribution in [0.4, 0.5) is 0 Å². The fourth-order valence-electron chi connectivity index (χ4n) is 17.9. The molecule has 5 aliphatic heterocycles. The van der Waals surface area contributed by atoms with Gasteiger partial charge in [0, 0.05) is 6.92 Å². The number of hydrogen-bond acceptors (Lipinski definition) is 29. The zero-order valence-corrected chi connectivity index (χ0v) is 51.7. The third-order valence-corrected chi connectivity index (χ3v) is 23.2. The average molecular weight is 1300 g/mol. The molecule has 33 atom stereocenters. The second-order valence-electron chi connectivity index (χ2n) is 28.9. The highest BCUT2D eigenvalue weighted by molar-refractivity contribution is 5.80. The van der Waals surface area contributed by atoms with Crippen molar-refractivity contribution < 1.29 is 148 Å². The largest absolute Gasteiger partial charge is 0.481 e. The maximum Gasteiger partial charge on any atom is 0.317 e. The molecule has 30 heteroatoms. The van der Waals surface area contributed by atoms with E-state index >= 15 is 4.79 Å². The van der Waals surface area contributed by atoms with E-state index in [4.69, 9.17) is 52.1 Å². The molecule has 90 heavy (non-hydrogen) atoms. The molecule has 5 aliphatic carbocycles. The fraction of sp³-hybridized carbons (Fsp3) is 0.917. The summed E-state index contributed by atoms with van der Waals surface area (Å²) in [7, 11) is 0. The molecule has 5 saturated heterocycles. The topological polar surface area (TPSA) is 476 Å². The number of aliphatic carboxylic acids is 1. The number of allylic oxidation sites excluding steroid dienone is 2. The number of ether oxygens (including phenoxy) is 11. The molecule has 514 valence electrons. The molecule has 33 unspecified atom stereocenters. The molecule has 5 heterocycles. The molecule has 16 N–H and O–H groups in total. The van der Waals surface area contributed by atoms with E-state index < -0.39 is 243 Å². The Morgan fingerprint density at radius 2 is 1.23 bits per heavy atom. The standard InChI is InChI=1S/C60H94O30/c1-23-41(83-24(2)64)43(87-51-45(75)59(79,21-63)22-81-51)40(74)49(82-23)88-44-34(68)28(66)20-80-50(44)90-53(78)60-14-13-54(3,4)15-26(60)25-9-10-31-55(5)16-27(65)46(58(8,52(76)77)32(55)11-12-56(31,6)57(25,7)17-33(60)67)89-48-39(73)37(71)42(30(19-62)85-48)86-47-38(72)36(70)35(69)29(18-61)84-47/h9,23,26-51,61-63,65-75,79H,10-22H2,1-8H3,(H,76,77). The van der Waals surface area contributed by atoms with E-state index in [1.165, 1.54) is 13.8 Å². The maximum absolute atomic E-state index is 15.5. The molecule has 30 nitrogen and oxygen atoms in total. The molecule has 0 spiro atoms. The van der Waals surface area contributed by atoms with Gasteiger partial charge in [0.1, 0.15) is 96.5 Å². The van der Waals surface area contributed by atoms with Crippen molar-refractivity contribution in [2.45, 2.75) is 260 Å². The van der Waals surface area contributed by atoms with Crippen LogP contribution in [0.25, 0.3) is 0 Å². The number of hydrogen-bond donors (Lipinski definition) is 16. The first kappa shape index (κ1) is 70.0. The number of aliphatic hydroxyl groups is 15. The van der Waals surface area contributed by atoms with E-state index in [9.17, 15) is 91.3 Å². The van der Waals surface area contributed by atoms with Crippen LogP contribution in [-0.2, 0) is 66.5 Å². The molecule has 4 saturated carbocycles. The highest BCUT2D eigenvalue weighted by Gasteiger charge is 2.74. The summed E-state index contributed by atoms with van der Waals surface area (Å²) in [6.45, 7) is 10.5. The number of carboxylic acid groups (broad SMARTS) is 1. The lowest BCUT2D eigenvalue weighted by atomic mass is 9.33. The van der Waals surface area contributed by atoms with Gasteiger partial charge in [-0.05, 0) is 105 Å². The van der Waals surface area contributed by atoms with E-state index in [-0.39, 0.29) is 37.0 Å². The minimum atomic E-state index is -2.15. The van der Waals surface area contributed by atoms with Gasteiger partial charge in [-0.2, -0.15) is 0 Å². The van der Waals surface area contributed by atoms with Gasteiger partial charge in [-0.15, -0.1) is 0 Å². The molecular formula is C60H94O30. The summed E-state index contributed by atoms with van der Waals surface area (Å²) >= 11 is 0. The summed E-state index contributed by atoms with van der Waals surface area (Å²) in [4.78, 5) is 41.9. The SMILES string of the molecule is CC(=O)OC1C(C)OC(OC2C(OC(=O)C34CCC(C)(C)CC3C3=CCC5C6(C)CC(O)C(OC7OC(CO)C(OC8OC(CO)C(O)C(O)C8O)C(O)C7O)C(C)(C(=O)O)C6CCC5(C)C3(C)CC4O)OCC(O)C2O)C(O)C1OC1OCC(O)(CO)C1O. The van der Waals surface area contributed by atoms with Crippen molar-refractivity contribution in [1.29, 1.82) is 0 Å². The van der Waals surface area contributed by atoms with Crippen molar-refractivity contribution in [2.24, 2.45) is 50.2 Å². The summed E-state index contributed by atoms with van der Waals surface area (Å²) in [6.07, 6.45) is -36.9. The van der Waals surface area contributed by atoms with Crippen molar-refractivity contribution in [3.8, 4) is 0 Å². The van der Waals surface area contributed by atoms with Gasteiger partial charge < -0.3 is 134 Å². The summed E-state index contributed by atoms with van der Waals surface area (Å²) in [5, 5.41) is 177. The van der Waals surface area contributed by atoms with Crippen molar-refractivity contribution in [2.75, 3.05) is 33.0 Å². The lowest BCUT2D eigenvalue weighted by molar-refractivity contribution is -0.372. The predicted octanol–water partition coefficient (Wildman–Crippen LogP) is -4.33. The number of carbonyl (C=O) groups excluding carboxylic acids is 2. The average Bonchev–Trinajstić information content (AvgIpc) is 0.928. The summed E-state index contributed by atoms with van der Waals surface area (Å²) in [5.41, 5.74) is -7.81. The van der Waals surface area contributed by atoms with Crippen LogP contribution in [0.5, 0.6) is 0 Å². The Bertz CT molecular complexity index is 2630. The van der Waals surface area contributed by atoms with Gasteiger partial charge in [0.05, 0.1) is 56.8 Å². The van der Waals surface area contributed by atoms with Crippen molar-refractivity contribution in [3.05, 3.63) is 11.6 Å². The third kappa shape index (κ3) is 11.3. The zero-order valence-electron chi connectivity index (χ0n) is 51.7. The van der Waals surface area contributed by atoms with Crippen LogP contribution in [0.1, 0.15) is 107 Å². The van der Waals surface area contributed by atoms with Crippen LogP contribution in [-0.4, -0.2) is 286 Å². The smallest absolute Gasteiger partial charge is 0.317 e. The first-order chi connectivity index (χ1) is 42.0. The van der Waals surface area contributed by atoms with Crippen molar-refractivity contribution >= 4 is 17.9 Å². The number of aliphatic hydroxyl groups excluding tert-OH is 14. The van der Waals surface area contributed by atoms with E-state index in [0.29, 0.717) is 25.7 Å². The van der Waals surface area contributed by atoms with Crippen LogP contribution >= 0.6 is 0 Å². The highest BCUT2D eigenvalue weighted by Crippen LogP contribution is 2.76. The summed E-state index contributed by atoms with van der Waals surface area (Å²) < 4.78 is 64.6. The molecule has 0 bridgehead atoms. The number of carboxylic acids is 1. The van der Waals surface area contributed by atoms with Crippen LogP contribution in [0, 0.1) is 50.2 Å². The Hall–Kier alpha value is -2.81. The normalized spacial score (nSPS) is 53.4. The quantitative estimate of drug-likeness (QED) is 0.0419. The van der Waals surface area contributed by atoms with Gasteiger partial charge in [-0.1, -0.05) is 46.3 Å². The fourth-order valence-corrected chi connectivity index (χ4v) is 17.9. The Morgan fingerprint density at radius 3 is 1.87 bits per heavy atom. The number of fused-ring (bicyclic) bond motifs is 7. The predicted molar refractivity (Wildman–Crippen MR) is 296 cm³/mol. The Kier molecular flexibility index (Phi) is 19.7. The maximum atomic E-state index is 15.5. The van der Waals surface area contributed by atoms with Gasteiger partial charge in [0.15, 0.2) is 37.4 Å². The monoisotopic (exact) mass is 1290 g/mol. The molecular weight excluding hydrogens is 1200 g/mol. The number of esters is 2. The summed E-state index contributed by atoms with van der Waals surface area (Å²) in [5.74, 6) is -4.84. The van der Waals surface area contributed by atoms with Gasteiger partial charge in [0.25, 0.3) is 0 Å². The summed E-state index contributed by atoms with van der Waals surface area (Å²) in [6, 6.07) is 0. The van der Waals surface area contributed by atoms with Gasteiger partial charge in [-0.25, -0.2) is 0 Å². The molecule has 0 amide bonds. The Morgan fingerprint density at radius 1 is 0.611 bits per heavy atom. The van der Waals surface area contributed by atoms with Crippen LogP contribution < -0.4 is 0 Å². The first-order valence-electron chi connectivity index (χ1n) is 31.2.